The molecule has 0 unspecified atom stereocenters. The van der Waals surface area contributed by atoms with Crippen LogP contribution >= 0.6 is 0 Å². The van der Waals surface area contributed by atoms with Gasteiger partial charge in [0.2, 0.25) is 5.91 Å². The van der Waals surface area contributed by atoms with Crippen LogP contribution in [0.2, 0.25) is 13.1 Å². The minimum Gasteiger partial charge on any atom is -0.467 e. The highest BCUT2D eigenvalue weighted by atomic mass is 28.3. The van der Waals surface area contributed by atoms with Gasteiger partial charge in [-0.3, -0.25) is 19.3 Å². The molecule has 4 rings (SSSR count). The number of fused-ring (bicyclic) bond motifs is 1. The average Bonchev–Trinajstić information content (AvgIpc) is 3.43. The van der Waals surface area contributed by atoms with Crippen molar-refractivity contribution in [2.24, 2.45) is 0 Å². The molecule has 0 aromatic heterocycles. The van der Waals surface area contributed by atoms with E-state index < -0.39 is 43.8 Å². The summed E-state index contributed by atoms with van der Waals surface area (Å²) < 4.78 is 5.05. The minimum absolute atomic E-state index is 0.0920. The second-order valence-corrected chi connectivity index (χ2v) is 14.2. The zero-order chi connectivity index (χ0) is 25.3. The Morgan fingerprint density at radius 2 is 1.60 bits per heavy atom. The molecule has 2 aromatic rings. The molecule has 3 atom stereocenters. The lowest BCUT2D eigenvalue weighted by Gasteiger charge is -2.41. The molecule has 35 heavy (non-hydrogen) atoms. The van der Waals surface area contributed by atoms with Gasteiger partial charge in [0.15, 0.2) is 0 Å². The van der Waals surface area contributed by atoms with Gasteiger partial charge in [-0.05, 0) is 31.4 Å². The predicted octanol–water partition coefficient (Wildman–Crippen LogP) is 2.91. The fraction of sp³-hybridized carbons (Fsp3) is 0.333. The van der Waals surface area contributed by atoms with Crippen molar-refractivity contribution in [3.05, 3.63) is 78.4 Å². The molecular weight excluding hydrogens is 460 g/mol. The Bertz CT molecular complexity index is 1140. The molecule has 1 saturated heterocycles. The fourth-order valence-corrected chi connectivity index (χ4v) is 8.72. The number of hydrogen-bond donors (Lipinski definition) is 0. The van der Waals surface area contributed by atoms with Crippen LogP contribution in [0, 0.1) is 0 Å². The Hall–Kier alpha value is -3.52. The first-order chi connectivity index (χ1) is 16.7. The first-order valence-corrected chi connectivity index (χ1v) is 14.8. The van der Waals surface area contributed by atoms with E-state index in [2.05, 4.69) is 31.8 Å². The third kappa shape index (κ3) is 4.12. The Morgan fingerprint density at radius 3 is 2.14 bits per heavy atom. The van der Waals surface area contributed by atoms with E-state index in [0.29, 0.717) is 12.8 Å². The molecule has 2 heterocycles. The number of methoxy groups -OCH3 is 1. The van der Waals surface area contributed by atoms with Gasteiger partial charge in [-0.15, -0.1) is 6.58 Å². The third-order valence-electron chi connectivity index (χ3n) is 7.28. The molecule has 182 valence electrons. The van der Waals surface area contributed by atoms with E-state index in [0.717, 1.165) is 10.1 Å². The summed E-state index contributed by atoms with van der Waals surface area (Å²) in [6.07, 6.45) is 2.73. The largest absolute Gasteiger partial charge is 0.467 e. The SMILES string of the molecule is C=CC[C@@H](C(=O)N1[C@H]([Si](C)(C)c2ccccc2)CC[C@H]1C(=O)OC)N1C(=O)c2ccccc2C1=O. The molecule has 0 spiro atoms. The number of ether oxygens (including phenoxy) is 1. The fourth-order valence-electron chi connectivity index (χ4n) is 5.39. The maximum Gasteiger partial charge on any atom is 0.328 e. The van der Waals surface area contributed by atoms with Crippen molar-refractivity contribution in [1.29, 1.82) is 0 Å². The zero-order valence-corrected chi connectivity index (χ0v) is 21.3. The van der Waals surface area contributed by atoms with Gasteiger partial charge in [0.25, 0.3) is 11.8 Å². The van der Waals surface area contributed by atoms with Crippen LogP contribution in [0.25, 0.3) is 0 Å². The van der Waals surface area contributed by atoms with Crippen LogP contribution in [0.15, 0.2) is 67.3 Å². The van der Waals surface area contributed by atoms with E-state index in [1.165, 1.54) is 13.2 Å². The molecule has 1 fully saturated rings. The Kier molecular flexibility index (Phi) is 6.76. The summed E-state index contributed by atoms with van der Waals surface area (Å²) in [5.41, 5.74) is 0.352. The van der Waals surface area contributed by atoms with Gasteiger partial charge in [0.1, 0.15) is 20.2 Å². The number of imide groups is 1. The van der Waals surface area contributed by atoms with Crippen molar-refractivity contribution >= 4 is 37.0 Å². The van der Waals surface area contributed by atoms with Crippen molar-refractivity contribution in [2.75, 3.05) is 7.11 Å². The number of esters is 1. The molecule has 3 amide bonds. The van der Waals surface area contributed by atoms with Crippen molar-refractivity contribution in [3.63, 3.8) is 0 Å². The summed E-state index contributed by atoms with van der Waals surface area (Å²) in [5.74, 6) is -1.92. The maximum absolute atomic E-state index is 14.2. The van der Waals surface area contributed by atoms with Crippen LogP contribution in [-0.2, 0) is 14.3 Å². The molecule has 8 heteroatoms. The van der Waals surface area contributed by atoms with Gasteiger partial charge in [0.05, 0.1) is 18.2 Å². The van der Waals surface area contributed by atoms with Gasteiger partial charge >= 0.3 is 5.97 Å². The molecule has 0 saturated carbocycles. The molecule has 2 aromatic carbocycles. The van der Waals surface area contributed by atoms with Crippen LogP contribution in [0.4, 0.5) is 0 Å². The van der Waals surface area contributed by atoms with E-state index in [4.69, 9.17) is 4.74 Å². The predicted molar refractivity (Wildman–Crippen MR) is 135 cm³/mol. The summed E-state index contributed by atoms with van der Waals surface area (Å²) in [6.45, 7) is 8.12. The van der Waals surface area contributed by atoms with Crippen molar-refractivity contribution in [1.82, 2.24) is 9.80 Å². The summed E-state index contributed by atoms with van der Waals surface area (Å²) in [6, 6.07) is 14.7. The summed E-state index contributed by atoms with van der Waals surface area (Å²) >= 11 is 0. The summed E-state index contributed by atoms with van der Waals surface area (Å²) in [4.78, 5) is 56.1. The van der Waals surface area contributed by atoms with Gasteiger partial charge in [0, 0.05) is 5.67 Å². The highest BCUT2D eigenvalue weighted by Gasteiger charge is 2.52. The molecule has 0 aliphatic carbocycles. The third-order valence-corrected chi connectivity index (χ3v) is 11.3. The van der Waals surface area contributed by atoms with Crippen LogP contribution in [0.1, 0.15) is 40.0 Å². The number of benzene rings is 2. The Morgan fingerprint density at radius 1 is 1.03 bits per heavy atom. The summed E-state index contributed by atoms with van der Waals surface area (Å²) in [5, 5.41) is 1.16. The number of amides is 3. The number of hydrogen-bond acceptors (Lipinski definition) is 5. The van der Waals surface area contributed by atoms with Gasteiger partial charge in [-0.25, -0.2) is 4.79 Å². The van der Waals surface area contributed by atoms with Crippen LogP contribution in [0.5, 0.6) is 0 Å². The topological polar surface area (TPSA) is 84.0 Å². The van der Waals surface area contributed by atoms with Crippen molar-refractivity contribution < 1.29 is 23.9 Å². The number of nitrogens with zero attached hydrogens (tertiary/aromatic N) is 2. The smallest absolute Gasteiger partial charge is 0.328 e. The van der Waals surface area contributed by atoms with Gasteiger partial charge in [-0.2, -0.15) is 0 Å². The number of carbonyl (C=O) groups excluding carboxylic acids is 4. The quantitative estimate of drug-likeness (QED) is 0.258. The normalized spacial score (nSPS) is 20.5. The van der Waals surface area contributed by atoms with Crippen LogP contribution in [-0.4, -0.2) is 66.4 Å². The number of carbonyl (C=O) groups is 4. The van der Waals surface area contributed by atoms with E-state index in [1.54, 1.807) is 29.2 Å². The van der Waals surface area contributed by atoms with E-state index in [1.807, 2.05) is 18.2 Å². The highest BCUT2D eigenvalue weighted by molar-refractivity contribution is 6.91. The first kappa shape index (κ1) is 24.6. The lowest BCUT2D eigenvalue weighted by Crippen LogP contribution is -2.64. The maximum atomic E-state index is 14.2. The number of rotatable bonds is 7. The van der Waals surface area contributed by atoms with Crippen LogP contribution in [0.3, 0.4) is 0 Å². The lowest BCUT2D eigenvalue weighted by molar-refractivity contribution is -0.152. The van der Waals surface area contributed by atoms with Crippen LogP contribution < -0.4 is 5.19 Å². The molecule has 0 N–H and O–H groups in total. The second kappa shape index (κ2) is 9.62. The van der Waals surface area contributed by atoms with Crippen molar-refractivity contribution in [3.8, 4) is 0 Å². The monoisotopic (exact) mass is 490 g/mol. The molecule has 2 aliphatic rings. The van der Waals surface area contributed by atoms with E-state index >= 15 is 0 Å². The second-order valence-electron chi connectivity index (χ2n) is 9.53. The van der Waals surface area contributed by atoms with E-state index in [-0.39, 0.29) is 23.2 Å². The molecule has 7 nitrogen and oxygen atoms in total. The first-order valence-electron chi connectivity index (χ1n) is 11.8. The molecular formula is C27H30N2O5Si. The average molecular weight is 491 g/mol. The Balaban J connectivity index is 1.76. The Labute approximate surface area is 206 Å². The van der Waals surface area contributed by atoms with Gasteiger partial charge < -0.3 is 9.64 Å². The minimum atomic E-state index is -2.30. The zero-order valence-electron chi connectivity index (χ0n) is 20.3. The summed E-state index contributed by atoms with van der Waals surface area (Å²) in [7, 11) is -0.986. The standard InChI is InChI=1S/C27H30N2O5Si/c1-5-11-21(29-24(30)19-14-9-10-15-20(19)25(29)31)26(32)28-22(27(33)34-2)16-17-23(28)35(3,4)18-12-7-6-8-13-18/h5-10,12-15,21-23H,1,11,16-17H2,2-4H3/t21-,22-,23+/m0/s1. The van der Waals surface area contributed by atoms with Gasteiger partial charge in [-0.1, -0.05) is 66.8 Å². The van der Waals surface area contributed by atoms with E-state index in [9.17, 15) is 19.2 Å². The molecule has 2 aliphatic heterocycles. The highest BCUT2D eigenvalue weighted by Crippen LogP contribution is 2.34. The lowest BCUT2D eigenvalue weighted by atomic mass is 10.1. The molecule has 0 radical (unpaired) electrons. The molecule has 0 bridgehead atoms. The number of likely N-dealkylation sites (tertiary alicyclic amines) is 1. The van der Waals surface area contributed by atoms with Crippen molar-refractivity contribution in [2.45, 2.75) is 50.1 Å².